The first-order chi connectivity index (χ1) is 10.8. The van der Waals surface area contributed by atoms with E-state index in [1.165, 1.54) is 29.6 Å². The summed E-state index contributed by atoms with van der Waals surface area (Å²) < 4.78 is 43.4. The van der Waals surface area contributed by atoms with Crippen molar-refractivity contribution in [2.24, 2.45) is 0 Å². The van der Waals surface area contributed by atoms with Crippen LogP contribution in [0.5, 0.6) is 0 Å². The molecule has 0 N–H and O–H groups in total. The lowest BCUT2D eigenvalue weighted by molar-refractivity contribution is -0.148. The maximum absolute atomic E-state index is 14.2. The van der Waals surface area contributed by atoms with Gasteiger partial charge in [-0.15, -0.1) is 0 Å². The summed E-state index contributed by atoms with van der Waals surface area (Å²) >= 11 is 6.07. The molecular formula is C14H18ClFN2O4S. The Hall–Kier alpha value is -1.22. The number of methoxy groups -OCH3 is 1. The quantitative estimate of drug-likeness (QED) is 0.753. The van der Waals surface area contributed by atoms with Gasteiger partial charge in [-0.1, -0.05) is 17.7 Å². The van der Waals surface area contributed by atoms with Crippen LogP contribution in [0.2, 0.25) is 5.02 Å². The summed E-state index contributed by atoms with van der Waals surface area (Å²) in [5.41, 5.74) is 0.0498. The summed E-state index contributed by atoms with van der Waals surface area (Å²) in [5.74, 6) is -1.23. The van der Waals surface area contributed by atoms with Crippen molar-refractivity contribution in [3.63, 3.8) is 0 Å². The van der Waals surface area contributed by atoms with Gasteiger partial charge >= 0.3 is 5.97 Å². The Bertz CT molecular complexity index is 670. The fourth-order valence-corrected chi connectivity index (χ4v) is 3.72. The molecule has 1 saturated heterocycles. The Morgan fingerprint density at radius 1 is 1.30 bits per heavy atom. The second-order valence-electron chi connectivity index (χ2n) is 5.26. The highest BCUT2D eigenvalue weighted by Gasteiger charge is 2.36. The first kappa shape index (κ1) is 18.1. The zero-order chi connectivity index (χ0) is 17.2. The van der Waals surface area contributed by atoms with Crippen molar-refractivity contribution in [3.8, 4) is 0 Å². The number of nitrogens with zero attached hydrogens (tertiary/aromatic N) is 2. The van der Waals surface area contributed by atoms with Crippen molar-refractivity contribution in [1.29, 1.82) is 0 Å². The number of carbonyl (C=O) groups is 1. The van der Waals surface area contributed by atoms with E-state index in [1.54, 1.807) is 4.90 Å². The molecule has 0 saturated carbocycles. The van der Waals surface area contributed by atoms with Crippen molar-refractivity contribution in [2.75, 3.05) is 39.5 Å². The van der Waals surface area contributed by atoms with E-state index in [1.807, 2.05) is 0 Å². The van der Waals surface area contributed by atoms with Gasteiger partial charge in [0, 0.05) is 36.8 Å². The molecule has 1 aromatic carbocycles. The normalized spacial score (nSPS) is 18.6. The van der Waals surface area contributed by atoms with Gasteiger partial charge in [0.2, 0.25) is 10.0 Å². The molecular weight excluding hydrogens is 347 g/mol. The van der Waals surface area contributed by atoms with Gasteiger partial charge in [0.15, 0.2) is 0 Å². The van der Waals surface area contributed by atoms with Crippen molar-refractivity contribution in [2.45, 2.75) is 6.04 Å². The average Bonchev–Trinajstić information content (AvgIpc) is 2.50. The largest absolute Gasteiger partial charge is 0.468 e. The maximum Gasteiger partial charge on any atom is 0.327 e. The lowest BCUT2D eigenvalue weighted by Gasteiger charge is -2.37. The third kappa shape index (κ3) is 4.00. The van der Waals surface area contributed by atoms with Crippen LogP contribution < -0.4 is 0 Å². The Balaban J connectivity index is 2.30. The zero-order valence-electron chi connectivity index (χ0n) is 12.8. The van der Waals surface area contributed by atoms with Crippen molar-refractivity contribution < 1.29 is 22.3 Å². The highest BCUT2D eigenvalue weighted by atomic mass is 35.5. The molecule has 0 unspecified atom stereocenters. The predicted molar refractivity (Wildman–Crippen MR) is 84.2 cm³/mol. The minimum absolute atomic E-state index is 0.0498. The second kappa shape index (κ2) is 7.12. The molecule has 2 rings (SSSR count). The number of hydrogen-bond acceptors (Lipinski definition) is 5. The van der Waals surface area contributed by atoms with Crippen LogP contribution in [0.4, 0.5) is 4.39 Å². The van der Waals surface area contributed by atoms with Crippen LogP contribution in [0.15, 0.2) is 18.2 Å². The SMILES string of the molecule is COC(=O)[C@H](c1c(F)cccc1Cl)N1CCN(S(C)(=O)=O)CC1. The number of rotatable bonds is 4. The number of sulfonamides is 1. The van der Waals surface area contributed by atoms with Gasteiger partial charge in [-0.2, -0.15) is 4.31 Å². The molecule has 0 aliphatic carbocycles. The Kier molecular flexibility index (Phi) is 5.61. The monoisotopic (exact) mass is 364 g/mol. The number of hydrogen-bond donors (Lipinski definition) is 0. The third-order valence-corrected chi connectivity index (χ3v) is 5.44. The summed E-state index contributed by atoms with van der Waals surface area (Å²) in [6.07, 6.45) is 1.13. The van der Waals surface area contributed by atoms with Gasteiger partial charge in [0.1, 0.15) is 11.9 Å². The molecule has 9 heteroatoms. The molecule has 128 valence electrons. The average molecular weight is 365 g/mol. The van der Waals surface area contributed by atoms with E-state index >= 15 is 0 Å². The summed E-state index contributed by atoms with van der Waals surface area (Å²) in [5, 5.41) is 0.131. The minimum atomic E-state index is -3.29. The molecule has 0 spiro atoms. The molecule has 23 heavy (non-hydrogen) atoms. The number of halogens is 2. The van der Waals surface area contributed by atoms with Crippen LogP contribution in [-0.4, -0.2) is 63.1 Å². The van der Waals surface area contributed by atoms with E-state index in [0.717, 1.165) is 6.26 Å². The van der Waals surface area contributed by atoms with E-state index in [0.29, 0.717) is 0 Å². The Labute approximate surface area is 139 Å². The first-order valence-corrected chi connectivity index (χ1v) is 9.19. The predicted octanol–water partition coefficient (Wildman–Crippen LogP) is 1.27. The molecule has 6 nitrogen and oxygen atoms in total. The molecule has 0 aromatic heterocycles. The Morgan fingerprint density at radius 3 is 2.39 bits per heavy atom. The Morgan fingerprint density at radius 2 is 1.91 bits per heavy atom. The fourth-order valence-electron chi connectivity index (χ4n) is 2.63. The van der Waals surface area contributed by atoms with Crippen molar-refractivity contribution in [3.05, 3.63) is 34.6 Å². The summed E-state index contributed by atoms with van der Waals surface area (Å²) in [6.45, 7) is 0.992. The van der Waals surface area contributed by atoms with Crippen LogP contribution in [0, 0.1) is 5.82 Å². The molecule has 1 fully saturated rings. The maximum atomic E-state index is 14.2. The summed E-state index contributed by atoms with van der Waals surface area (Å²) in [4.78, 5) is 13.9. The minimum Gasteiger partial charge on any atom is -0.468 e. The van der Waals surface area contributed by atoms with Crippen LogP contribution in [0.25, 0.3) is 0 Å². The van der Waals surface area contributed by atoms with Gasteiger partial charge in [0.05, 0.1) is 13.4 Å². The van der Waals surface area contributed by atoms with Gasteiger partial charge in [0.25, 0.3) is 0 Å². The number of benzene rings is 1. The third-order valence-electron chi connectivity index (χ3n) is 3.80. The topological polar surface area (TPSA) is 66.9 Å². The van der Waals surface area contributed by atoms with E-state index in [2.05, 4.69) is 0 Å². The number of piperazine rings is 1. The first-order valence-electron chi connectivity index (χ1n) is 6.96. The standard InChI is InChI=1S/C14H18ClFN2O4S/c1-22-14(19)13(12-10(15)4-3-5-11(12)16)17-6-8-18(9-7-17)23(2,20)21/h3-5,13H,6-9H2,1-2H3/t13-/m0/s1. The van der Waals surface area contributed by atoms with Gasteiger partial charge in [-0.25, -0.2) is 17.6 Å². The molecule has 0 amide bonds. The lowest BCUT2D eigenvalue weighted by atomic mass is 10.0. The van der Waals surface area contributed by atoms with E-state index < -0.39 is 27.9 Å². The van der Waals surface area contributed by atoms with E-state index in [-0.39, 0.29) is 36.8 Å². The lowest BCUT2D eigenvalue weighted by Crippen LogP contribution is -2.51. The smallest absolute Gasteiger partial charge is 0.327 e. The molecule has 1 heterocycles. The fraction of sp³-hybridized carbons (Fsp3) is 0.500. The number of esters is 1. The highest BCUT2D eigenvalue weighted by Crippen LogP contribution is 2.32. The number of carbonyl (C=O) groups excluding carboxylic acids is 1. The van der Waals surface area contributed by atoms with Gasteiger partial charge in [-0.05, 0) is 12.1 Å². The van der Waals surface area contributed by atoms with Crippen molar-refractivity contribution in [1.82, 2.24) is 9.21 Å². The molecule has 1 aliphatic rings. The number of ether oxygens (including phenoxy) is 1. The van der Waals surface area contributed by atoms with Crippen LogP contribution in [0.3, 0.4) is 0 Å². The summed E-state index contributed by atoms with van der Waals surface area (Å²) in [7, 11) is -2.07. The zero-order valence-corrected chi connectivity index (χ0v) is 14.4. The molecule has 0 bridgehead atoms. The highest BCUT2D eigenvalue weighted by molar-refractivity contribution is 7.88. The van der Waals surface area contributed by atoms with Crippen LogP contribution in [-0.2, 0) is 19.6 Å². The molecule has 0 radical (unpaired) electrons. The van der Waals surface area contributed by atoms with Gasteiger partial charge in [-0.3, -0.25) is 4.90 Å². The van der Waals surface area contributed by atoms with E-state index in [4.69, 9.17) is 16.3 Å². The van der Waals surface area contributed by atoms with Crippen molar-refractivity contribution >= 4 is 27.6 Å². The second-order valence-corrected chi connectivity index (χ2v) is 7.65. The molecule has 1 aliphatic heterocycles. The van der Waals surface area contributed by atoms with Crippen LogP contribution in [0.1, 0.15) is 11.6 Å². The van der Waals surface area contributed by atoms with E-state index in [9.17, 15) is 17.6 Å². The van der Waals surface area contributed by atoms with Crippen LogP contribution >= 0.6 is 11.6 Å². The molecule has 1 aromatic rings. The molecule has 1 atom stereocenters. The summed E-state index contributed by atoms with van der Waals surface area (Å²) in [6, 6.07) is 3.18. The van der Waals surface area contributed by atoms with Gasteiger partial charge < -0.3 is 4.74 Å².